The zero-order valence-corrected chi connectivity index (χ0v) is 12.5. The summed E-state index contributed by atoms with van der Waals surface area (Å²) in [7, 11) is 0. The molecule has 0 saturated heterocycles. The highest BCUT2D eigenvalue weighted by Crippen LogP contribution is 2.27. The number of esters is 1. The maximum absolute atomic E-state index is 12.4. The molecule has 1 rings (SSSR count). The fourth-order valence-electron chi connectivity index (χ4n) is 2.25. The minimum atomic E-state index is -0.866. The Morgan fingerprint density at radius 1 is 1.30 bits per heavy atom. The van der Waals surface area contributed by atoms with Gasteiger partial charge in [0.15, 0.2) is 0 Å². The molecule has 0 amide bonds. The summed E-state index contributed by atoms with van der Waals surface area (Å²) in [4.78, 5) is 12.4. The van der Waals surface area contributed by atoms with Crippen molar-refractivity contribution < 1.29 is 9.53 Å². The molecule has 0 spiro atoms. The van der Waals surface area contributed by atoms with Gasteiger partial charge in [0.2, 0.25) is 0 Å². The summed E-state index contributed by atoms with van der Waals surface area (Å²) < 4.78 is 5.24. The molecule has 1 aromatic rings. The first-order chi connectivity index (χ1) is 9.64. The van der Waals surface area contributed by atoms with Crippen LogP contribution in [0.1, 0.15) is 38.3 Å². The lowest BCUT2D eigenvalue weighted by Gasteiger charge is -2.31. The van der Waals surface area contributed by atoms with Crippen LogP contribution in [0.2, 0.25) is 0 Å². The molecule has 0 fully saturated rings. The average Bonchev–Trinajstić information content (AvgIpc) is 2.49. The van der Waals surface area contributed by atoms with E-state index in [9.17, 15) is 4.79 Å². The molecule has 0 aliphatic heterocycles. The number of hydrogen-bond donors (Lipinski definition) is 1. The lowest BCUT2D eigenvalue weighted by Crippen LogP contribution is -2.50. The average molecular weight is 273 g/mol. The van der Waals surface area contributed by atoms with Gasteiger partial charge in [-0.05, 0) is 30.9 Å². The van der Waals surface area contributed by atoms with Crippen LogP contribution < -0.4 is 5.32 Å². The number of terminal acetylenes is 1. The molecule has 0 aromatic heterocycles. The third kappa shape index (κ3) is 3.40. The maximum atomic E-state index is 12.4. The normalized spacial score (nSPS) is 13.3. The number of rotatable bonds is 7. The highest BCUT2D eigenvalue weighted by atomic mass is 16.5. The summed E-state index contributed by atoms with van der Waals surface area (Å²) in [6, 6.07) is 8.03. The summed E-state index contributed by atoms with van der Waals surface area (Å²) >= 11 is 0. The number of hydrogen-bond acceptors (Lipinski definition) is 3. The van der Waals surface area contributed by atoms with Crippen LogP contribution >= 0.6 is 0 Å². The Balaban J connectivity index is 3.18. The van der Waals surface area contributed by atoms with E-state index in [1.54, 1.807) is 6.92 Å². The molecule has 0 bridgehead atoms. The van der Waals surface area contributed by atoms with Gasteiger partial charge in [0.1, 0.15) is 5.54 Å². The zero-order chi connectivity index (χ0) is 15.0. The predicted octanol–water partition coefficient (Wildman–Crippen LogP) is 2.64. The van der Waals surface area contributed by atoms with E-state index in [2.05, 4.69) is 18.2 Å². The molecule has 0 saturated carbocycles. The van der Waals surface area contributed by atoms with Crippen LogP contribution in [0.25, 0.3) is 0 Å². The van der Waals surface area contributed by atoms with Gasteiger partial charge in [0.25, 0.3) is 0 Å². The van der Waals surface area contributed by atoms with Gasteiger partial charge in [-0.1, -0.05) is 44.0 Å². The molecule has 0 aliphatic carbocycles. The van der Waals surface area contributed by atoms with E-state index < -0.39 is 5.54 Å². The highest BCUT2D eigenvalue weighted by Gasteiger charge is 2.39. The largest absolute Gasteiger partial charge is 0.464 e. The number of carbonyl (C=O) groups excluding carboxylic acids is 1. The molecular formula is C17H23NO2. The fraction of sp³-hybridized carbons (Fsp3) is 0.471. The molecular weight excluding hydrogens is 250 g/mol. The monoisotopic (exact) mass is 273 g/mol. The molecule has 0 heterocycles. The van der Waals surface area contributed by atoms with Crippen LogP contribution in [0.5, 0.6) is 0 Å². The maximum Gasteiger partial charge on any atom is 0.331 e. The van der Waals surface area contributed by atoms with Crippen molar-refractivity contribution in [1.29, 1.82) is 0 Å². The quantitative estimate of drug-likeness (QED) is 0.613. The summed E-state index contributed by atoms with van der Waals surface area (Å²) in [6.45, 7) is 6.53. The van der Waals surface area contributed by atoms with Crippen molar-refractivity contribution in [2.75, 3.05) is 13.2 Å². The minimum Gasteiger partial charge on any atom is -0.464 e. The Hall–Kier alpha value is -1.79. The Morgan fingerprint density at radius 2 is 1.95 bits per heavy atom. The lowest BCUT2D eigenvalue weighted by molar-refractivity contribution is -0.151. The molecule has 1 unspecified atom stereocenters. The van der Waals surface area contributed by atoms with Crippen LogP contribution in [0, 0.1) is 12.3 Å². The molecule has 1 aromatic carbocycles. The van der Waals surface area contributed by atoms with Gasteiger partial charge < -0.3 is 4.74 Å². The number of carbonyl (C=O) groups is 1. The third-order valence-corrected chi connectivity index (χ3v) is 3.50. The van der Waals surface area contributed by atoms with Crippen molar-refractivity contribution in [3.63, 3.8) is 0 Å². The molecule has 20 heavy (non-hydrogen) atoms. The Labute approximate surface area is 121 Å². The van der Waals surface area contributed by atoms with Crippen LogP contribution in [0.4, 0.5) is 0 Å². The smallest absolute Gasteiger partial charge is 0.331 e. The number of benzene rings is 1. The van der Waals surface area contributed by atoms with E-state index in [0.717, 1.165) is 12.0 Å². The van der Waals surface area contributed by atoms with Crippen molar-refractivity contribution in [2.24, 2.45) is 0 Å². The Bertz CT molecular complexity index is 473. The predicted molar refractivity (Wildman–Crippen MR) is 81.3 cm³/mol. The fourth-order valence-corrected chi connectivity index (χ4v) is 2.25. The van der Waals surface area contributed by atoms with Gasteiger partial charge >= 0.3 is 5.97 Å². The summed E-state index contributed by atoms with van der Waals surface area (Å²) in [5, 5.41) is 3.16. The Kier molecular flexibility index (Phi) is 6.27. The zero-order valence-electron chi connectivity index (χ0n) is 12.5. The highest BCUT2D eigenvalue weighted by molar-refractivity contribution is 5.82. The molecule has 3 heteroatoms. The SMILES string of the molecule is C#CCNC(CC)(C(=O)OCC)c1ccc(CC)cc1. The second kappa shape index (κ2) is 7.72. The topological polar surface area (TPSA) is 38.3 Å². The second-order valence-electron chi connectivity index (χ2n) is 4.59. The van der Waals surface area contributed by atoms with Gasteiger partial charge in [0.05, 0.1) is 13.2 Å². The Morgan fingerprint density at radius 3 is 2.40 bits per heavy atom. The molecule has 0 aliphatic rings. The first-order valence-electron chi connectivity index (χ1n) is 7.09. The van der Waals surface area contributed by atoms with Crippen molar-refractivity contribution >= 4 is 5.97 Å². The van der Waals surface area contributed by atoms with E-state index in [-0.39, 0.29) is 5.97 Å². The van der Waals surface area contributed by atoms with E-state index >= 15 is 0 Å². The van der Waals surface area contributed by atoms with Crippen molar-refractivity contribution in [3.8, 4) is 12.3 Å². The molecule has 108 valence electrons. The number of aryl methyl sites for hydroxylation is 1. The van der Waals surface area contributed by atoms with E-state index in [0.29, 0.717) is 19.6 Å². The minimum absolute atomic E-state index is 0.276. The van der Waals surface area contributed by atoms with Crippen LogP contribution in [0.15, 0.2) is 24.3 Å². The molecule has 1 atom stereocenters. The molecule has 3 nitrogen and oxygen atoms in total. The summed E-state index contributed by atoms with van der Waals surface area (Å²) in [5.74, 6) is 2.25. The van der Waals surface area contributed by atoms with Crippen LogP contribution in [-0.2, 0) is 21.5 Å². The van der Waals surface area contributed by atoms with Crippen molar-refractivity contribution in [3.05, 3.63) is 35.4 Å². The van der Waals surface area contributed by atoms with Crippen LogP contribution in [0.3, 0.4) is 0 Å². The van der Waals surface area contributed by atoms with Gasteiger partial charge in [-0.2, -0.15) is 0 Å². The molecule has 1 N–H and O–H groups in total. The van der Waals surface area contributed by atoms with Gasteiger partial charge in [0, 0.05) is 0 Å². The first-order valence-corrected chi connectivity index (χ1v) is 7.09. The summed E-state index contributed by atoms with van der Waals surface area (Å²) in [5.41, 5.74) is 1.26. The second-order valence-corrected chi connectivity index (χ2v) is 4.59. The molecule has 0 radical (unpaired) electrons. The number of nitrogens with one attached hydrogen (secondary N) is 1. The lowest BCUT2D eigenvalue weighted by atomic mass is 9.86. The third-order valence-electron chi connectivity index (χ3n) is 3.50. The van der Waals surface area contributed by atoms with Gasteiger partial charge in [-0.25, -0.2) is 4.79 Å². The summed E-state index contributed by atoms with van der Waals surface area (Å²) in [6.07, 6.45) is 6.87. The van der Waals surface area contributed by atoms with Gasteiger partial charge in [-0.3, -0.25) is 5.32 Å². The standard InChI is InChI=1S/C17H23NO2/c1-5-13-18-17(7-3,16(19)20-8-4)15-11-9-14(6-2)10-12-15/h1,9-12,18H,6-8,13H2,2-4H3. The van der Waals surface area contributed by atoms with Crippen molar-refractivity contribution in [2.45, 2.75) is 39.2 Å². The first kappa shape index (κ1) is 16.3. The van der Waals surface area contributed by atoms with Crippen molar-refractivity contribution in [1.82, 2.24) is 5.32 Å². The van der Waals surface area contributed by atoms with E-state index in [1.807, 2.05) is 31.2 Å². The van der Waals surface area contributed by atoms with E-state index in [1.165, 1.54) is 5.56 Å². The van der Waals surface area contributed by atoms with E-state index in [4.69, 9.17) is 11.2 Å². The van der Waals surface area contributed by atoms with Crippen LogP contribution in [-0.4, -0.2) is 19.1 Å². The van der Waals surface area contributed by atoms with Gasteiger partial charge in [-0.15, -0.1) is 6.42 Å². The number of ether oxygens (including phenoxy) is 1.